The molecule has 0 radical (unpaired) electrons. The maximum absolute atomic E-state index is 12.0. The molecule has 0 bridgehead atoms. The standard InChI is InChI=1S/C14H16N2O4S/c1-14(2,3)11-6-9(16-20-11)12(17)15-7-8-4-5-10(21-8)13(18)19/h4-6H,7H2,1-3H3,(H,15,17)(H,18,19). The second-order valence-electron chi connectivity index (χ2n) is 5.58. The minimum atomic E-state index is -0.969. The number of carboxylic acid groups (broad SMARTS) is 1. The predicted octanol–water partition coefficient (Wildman–Crippen LogP) is 2.66. The zero-order valence-corrected chi connectivity index (χ0v) is 12.8. The number of hydrogen-bond donors (Lipinski definition) is 2. The molecule has 0 atom stereocenters. The van der Waals surface area contributed by atoms with E-state index in [4.69, 9.17) is 9.63 Å². The second-order valence-corrected chi connectivity index (χ2v) is 6.75. The molecule has 2 aromatic rings. The molecular weight excluding hydrogens is 292 g/mol. The zero-order valence-electron chi connectivity index (χ0n) is 12.0. The fraction of sp³-hybridized carbons (Fsp3) is 0.357. The van der Waals surface area contributed by atoms with Crippen molar-refractivity contribution >= 4 is 23.2 Å². The first-order valence-corrected chi connectivity index (χ1v) is 7.16. The van der Waals surface area contributed by atoms with E-state index in [0.29, 0.717) is 5.76 Å². The van der Waals surface area contributed by atoms with Crippen LogP contribution in [0.1, 0.15) is 51.6 Å². The number of nitrogens with one attached hydrogen (secondary N) is 1. The Hall–Kier alpha value is -2.15. The molecule has 0 fully saturated rings. The zero-order chi connectivity index (χ0) is 15.6. The summed E-state index contributed by atoms with van der Waals surface area (Å²) < 4.78 is 5.15. The molecule has 2 N–H and O–H groups in total. The Morgan fingerprint density at radius 3 is 2.62 bits per heavy atom. The van der Waals surface area contributed by atoms with E-state index in [-0.39, 0.29) is 28.4 Å². The fourth-order valence-corrected chi connectivity index (χ4v) is 2.37. The fourth-order valence-electron chi connectivity index (χ4n) is 1.58. The minimum Gasteiger partial charge on any atom is -0.477 e. The molecule has 6 nitrogen and oxygen atoms in total. The van der Waals surface area contributed by atoms with E-state index >= 15 is 0 Å². The molecule has 21 heavy (non-hydrogen) atoms. The van der Waals surface area contributed by atoms with E-state index in [1.165, 1.54) is 6.07 Å². The third-order valence-corrected chi connectivity index (χ3v) is 3.85. The van der Waals surface area contributed by atoms with Crippen LogP contribution in [-0.2, 0) is 12.0 Å². The number of thiophene rings is 1. The van der Waals surface area contributed by atoms with E-state index in [0.717, 1.165) is 16.2 Å². The van der Waals surface area contributed by atoms with Gasteiger partial charge in [-0.15, -0.1) is 11.3 Å². The smallest absolute Gasteiger partial charge is 0.345 e. The van der Waals surface area contributed by atoms with Gasteiger partial charge in [0.1, 0.15) is 10.6 Å². The Morgan fingerprint density at radius 1 is 1.38 bits per heavy atom. The van der Waals surface area contributed by atoms with Crippen molar-refractivity contribution in [2.24, 2.45) is 0 Å². The molecule has 0 aromatic carbocycles. The van der Waals surface area contributed by atoms with Crippen molar-refractivity contribution in [1.82, 2.24) is 10.5 Å². The molecule has 0 aliphatic heterocycles. The van der Waals surface area contributed by atoms with E-state index in [2.05, 4.69) is 10.5 Å². The van der Waals surface area contributed by atoms with Gasteiger partial charge in [0.2, 0.25) is 0 Å². The van der Waals surface area contributed by atoms with Crippen LogP contribution in [0.15, 0.2) is 22.7 Å². The normalized spacial score (nSPS) is 11.4. The van der Waals surface area contributed by atoms with Crippen LogP contribution in [0, 0.1) is 0 Å². The van der Waals surface area contributed by atoms with Crippen molar-refractivity contribution in [3.8, 4) is 0 Å². The third-order valence-electron chi connectivity index (χ3n) is 2.78. The van der Waals surface area contributed by atoms with Crippen LogP contribution in [0.4, 0.5) is 0 Å². The second kappa shape index (κ2) is 5.69. The first-order valence-electron chi connectivity index (χ1n) is 6.35. The summed E-state index contributed by atoms with van der Waals surface area (Å²) in [6.45, 7) is 6.16. The Morgan fingerprint density at radius 2 is 2.10 bits per heavy atom. The van der Waals surface area contributed by atoms with Gasteiger partial charge in [-0.1, -0.05) is 25.9 Å². The highest BCUT2D eigenvalue weighted by atomic mass is 32.1. The molecule has 2 heterocycles. The molecule has 0 aliphatic carbocycles. The van der Waals surface area contributed by atoms with Crippen molar-refractivity contribution in [2.75, 3.05) is 0 Å². The molecule has 7 heteroatoms. The summed E-state index contributed by atoms with van der Waals surface area (Å²) in [5.41, 5.74) is 0.00491. The predicted molar refractivity (Wildman–Crippen MR) is 77.7 cm³/mol. The molecule has 0 saturated heterocycles. The van der Waals surface area contributed by atoms with Gasteiger partial charge >= 0.3 is 5.97 Å². The van der Waals surface area contributed by atoms with Gasteiger partial charge in [0.25, 0.3) is 5.91 Å². The summed E-state index contributed by atoms with van der Waals surface area (Å²) in [6, 6.07) is 4.81. The maximum Gasteiger partial charge on any atom is 0.345 e. The van der Waals surface area contributed by atoms with Gasteiger partial charge in [0, 0.05) is 16.4 Å². The lowest BCUT2D eigenvalue weighted by molar-refractivity contribution is 0.0702. The summed E-state index contributed by atoms with van der Waals surface area (Å²) in [5, 5.41) is 15.3. The van der Waals surface area contributed by atoms with Crippen LogP contribution < -0.4 is 5.32 Å². The number of aromatic carboxylic acids is 1. The topological polar surface area (TPSA) is 92.4 Å². The van der Waals surface area contributed by atoms with Crippen molar-refractivity contribution in [2.45, 2.75) is 32.7 Å². The maximum atomic E-state index is 12.0. The quantitative estimate of drug-likeness (QED) is 0.906. The van der Waals surface area contributed by atoms with Crippen LogP contribution in [-0.4, -0.2) is 22.1 Å². The molecule has 1 amide bonds. The van der Waals surface area contributed by atoms with Gasteiger partial charge < -0.3 is 14.9 Å². The molecule has 112 valence electrons. The largest absolute Gasteiger partial charge is 0.477 e. The van der Waals surface area contributed by atoms with Gasteiger partial charge in [-0.25, -0.2) is 4.79 Å². The average molecular weight is 308 g/mol. The van der Waals surface area contributed by atoms with E-state index in [9.17, 15) is 9.59 Å². The van der Waals surface area contributed by atoms with Crippen LogP contribution in [0.3, 0.4) is 0 Å². The SMILES string of the molecule is CC(C)(C)c1cc(C(=O)NCc2ccc(C(=O)O)s2)no1. The highest BCUT2D eigenvalue weighted by Crippen LogP contribution is 2.22. The number of hydrogen-bond acceptors (Lipinski definition) is 5. The van der Waals surface area contributed by atoms with E-state index < -0.39 is 5.97 Å². The molecule has 2 rings (SSSR count). The number of carboxylic acids is 1. The summed E-state index contributed by atoms with van der Waals surface area (Å²) >= 11 is 1.13. The molecule has 0 aliphatic rings. The summed E-state index contributed by atoms with van der Waals surface area (Å²) in [7, 11) is 0. The van der Waals surface area contributed by atoms with Gasteiger partial charge in [-0.05, 0) is 12.1 Å². The first kappa shape index (κ1) is 15.2. The van der Waals surface area contributed by atoms with Crippen LogP contribution >= 0.6 is 11.3 Å². The summed E-state index contributed by atoms with van der Waals surface area (Å²) in [6.07, 6.45) is 0. The lowest BCUT2D eigenvalue weighted by Crippen LogP contribution is -2.22. The van der Waals surface area contributed by atoms with Crippen molar-refractivity contribution in [3.63, 3.8) is 0 Å². The van der Waals surface area contributed by atoms with Crippen molar-refractivity contribution < 1.29 is 19.2 Å². The Kier molecular flexibility index (Phi) is 4.13. The van der Waals surface area contributed by atoms with Crippen molar-refractivity contribution in [3.05, 3.63) is 39.4 Å². The first-order chi connectivity index (χ1) is 9.77. The Bertz CT molecular complexity index is 667. The van der Waals surface area contributed by atoms with Gasteiger partial charge in [-0.2, -0.15) is 0 Å². The van der Waals surface area contributed by atoms with E-state index in [1.807, 2.05) is 20.8 Å². The lowest BCUT2D eigenvalue weighted by atomic mass is 9.93. The van der Waals surface area contributed by atoms with Crippen LogP contribution in [0.25, 0.3) is 0 Å². The number of nitrogens with zero attached hydrogens (tertiary/aromatic N) is 1. The molecule has 0 saturated carbocycles. The number of carbonyl (C=O) groups excluding carboxylic acids is 1. The molecule has 0 unspecified atom stereocenters. The van der Waals surface area contributed by atoms with Gasteiger partial charge in [0.15, 0.2) is 5.69 Å². The highest BCUT2D eigenvalue weighted by Gasteiger charge is 2.22. The van der Waals surface area contributed by atoms with E-state index in [1.54, 1.807) is 12.1 Å². The average Bonchev–Trinajstić information content (AvgIpc) is 3.04. The van der Waals surface area contributed by atoms with Crippen LogP contribution in [0.5, 0.6) is 0 Å². The van der Waals surface area contributed by atoms with Gasteiger partial charge in [0.05, 0.1) is 6.54 Å². The Balaban J connectivity index is 1.98. The number of amides is 1. The number of rotatable bonds is 4. The van der Waals surface area contributed by atoms with Crippen molar-refractivity contribution in [1.29, 1.82) is 0 Å². The lowest BCUT2D eigenvalue weighted by Gasteiger charge is -2.12. The summed E-state index contributed by atoms with van der Waals surface area (Å²) in [5.74, 6) is -0.680. The monoisotopic (exact) mass is 308 g/mol. The summed E-state index contributed by atoms with van der Waals surface area (Å²) in [4.78, 5) is 23.7. The van der Waals surface area contributed by atoms with Gasteiger partial charge in [-0.3, -0.25) is 4.79 Å². The molecule has 2 aromatic heterocycles. The Labute approximate surface area is 125 Å². The molecule has 0 spiro atoms. The minimum absolute atomic E-state index is 0.213. The number of aromatic nitrogens is 1. The third kappa shape index (κ3) is 3.69. The highest BCUT2D eigenvalue weighted by molar-refractivity contribution is 7.13. The molecular formula is C14H16N2O4S. The number of carbonyl (C=O) groups is 2. The van der Waals surface area contributed by atoms with Crippen LogP contribution in [0.2, 0.25) is 0 Å².